The Bertz CT molecular complexity index is 444. The minimum Gasteiger partial charge on any atom is -0.466 e. The summed E-state index contributed by atoms with van der Waals surface area (Å²) >= 11 is 5.69. The van der Waals surface area contributed by atoms with Crippen molar-refractivity contribution in [3.63, 3.8) is 0 Å². The molecule has 1 aliphatic rings. The number of halogens is 1. The molecule has 1 rings (SSSR count). The molecule has 0 saturated carbocycles. The predicted molar refractivity (Wildman–Crippen MR) is 101 cm³/mol. The van der Waals surface area contributed by atoms with Crippen LogP contribution in [0.3, 0.4) is 0 Å². The number of amides is 1. The van der Waals surface area contributed by atoms with E-state index >= 15 is 0 Å². The number of likely N-dealkylation sites (tertiary alicyclic amines) is 1. The fourth-order valence-corrected chi connectivity index (χ4v) is 3.49. The number of carbonyl (C=O) groups is 2. The van der Waals surface area contributed by atoms with Crippen molar-refractivity contribution in [1.29, 1.82) is 0 Å². The maximum absolute atomic E-state index is 12.4. The quantitative estimate of drug-likeness (QED) is 0.388. The molecule has 0 aromatic heterocycles. The first kappa shape index (κ1) is 23.0. The molecule has 1 N–H and O–H groups in total. The number of esters is 1. The van der Waals surface area contributed by atoms with Crippen molar-refractivity contribution in [2.75, 3.05) is 25.6 Å². The summed E-state index contributed by atoms with van der Waals surface area (Å²) in [4.78, 5) is 26.3. The Kier molecular flexibility index (Phi) is 9.72. The molecule has 0 bridgehead atoms. The summed E-state index contributed by atoms with van der Waals surface area (Å²) in [5.74, 6) is -0.350. The van der Waals surface area contributed by atoms with Crippen LogP contribution in [-0.2, 0) is 14.3 Å². The highest BCUT2D eigenvalue weighted by Crippen LogP contribution is 2.31. The van der Waals surface area contributed by atoms with Crippen molar-refractivity contribution in [3.8, 4) is 0 Å². The van der Waals surface area contributed by atoms with E-state index in [4.69, 9.17) is 21.1 Å². The first-order valence-electron chi connectivity index (χ1n) is 9.58. The Morgan fingerprint density at radius 2 is 1.85 bits per heavy atom. The van der Waals surface area contributed by atoms with Crippen LogP contribution in [0, 0.1) is 11.8 Å². The van der Waals surface area contributed by atoms with Crippen LogP contribution >= 0.6 is 11.6 Å². The summed E-state index contributed by atoms with van der Waals surface area (Å²) in [5, 5.41) is 10.6. The summed E-state index contributed by atoms with van der Waals surface area (Å²) < 4.78 is 10.6. The van der Waals surface area contributed by atoms with Gasteiger partial charge in [0.05, 0.1) is 18.6 Å². The molecule has 0 radical (unpaired) electrons. The number of carbonyl (C=O) groups excluding carboxylic acids is 2. The van der Waals surface area contributed by atoms with Gasteiger partial charge in [-0.1, -0.05) is 0 Å². The third-order valence-corrected chi connectivity index (χ3v) is 4.82. The van der Waals surface area contributed by atoms with Gasteiger partial charge in [-0.3, -0.25) is 4.79 Å². The molecular formula is C19H34ClNO5. The van der Waals surface area contributed by atoms with E-state index in [1.54, 1.807) is 11.8 Å². The van der Waals surface area contributed by atoms with Crippen molar-refractivity contribution < 1.29 is 24.2 Å². The topological polar surface area (TPSA) is 76.1 Å². The van der Waals surface area contributed by atoms with Gasteiger partial charge in [0.2, 0.25) is 0 Å². The van der Waals surface area contributed by atoms with E-state index in [0.29, 0.717) is 44.8 Å². The van der Waals surface area contributed by atoms with Crippen LogP contribution in [0.4, 0.5) is 4.79 Å². The third-order valence-electron chi connectivity index (χ3n) is 4.56. The zero-order valence-electron chi connectivity index (χ0n) is 16.5. The number of aliphatic hydroxyl groups excluding tert-OH is 1. The van der Waals surface area contributed by atoms with Gasteiger partial charge in [-0.25, -0.2) is 4.79 Å². The molecule has 152 valence electrons. The molecule has 7 heteroatoms. The zero-order valence-corrected chi connectivity index (χ0v) is 17.3. The lowest BCUT2D eigenvalue weighted by atomic mass is 9.79. The number of rotatable bonds is 8. The van der Waals surface area contributed by atoms with Gasteiger partial charge in [0.15, 0.2) is 0 Å². The van der Waals surface area contributed by atoms with E-state index in [2.05, 4.69) is 0 Å². The summed E-state index contributed by atoms with van der Waals surface area (Å²) in [7, 11) is 0. The average Bonchev–Trinajstić information content (AvgIpc) is 2.54. The van der Waals surface area contributed by atoms with Gasteiger partial charge in [0.25, 0.3) is 0 Å². The van der Waals surface area contributed by atoms with Crippen LogP contribution in [-0.4, -0.2) is 59.4 Å². The maximum atomic E-state index is 12.4. The zero-order chi connectivity index (χ0) is 19.7. The van der Waals surface area contributed by atoms with Gasteiger partial charge in [-0.15, -0.1) is 11.6 Å². The Balaban J connectivity index is 2.66. The first-order chi connectivity index (χ1) is 12.2. The summed E-state index contributed by atoms with van der Waals surface area (Å²) in [6, 6.07) is 0. The van der Waals surface area contributed by atoms with E-state index in [-0.39, 0.29) is 18.0 Å². The van der Waals surface area contributed by atoms with Crippen LogP contribution in [0.1, 0.15) is 59.8 Å². The molecule has 1 saturated heterocycles. The first-order valence-corrected chi connectivity index (χ1v) is 10.1. The molecule has 0 spiro atoms. The van der Waals surface area contributed by atoms with Gasteiger partial charge < -0.3 is 19.5 Å². The van der Waals surface area contributed by atoms with E-state index < -0.39 is 17.6 Å². The third kappa shape index (κ3) is 7.70. The van der Waals surface area contributed by atoms with Crippen molar-refractivity contribution in [3.05, 3.63) is 0 Å². The molecule has 1 fully saturated rings. The number of aliphatic hydroxyl groups is 1. The number of ether oxygens (including phenoxy) is 2. The van der Waals surface area contributed by atoms with Gasteiger partial charge in [0.1, 0.15) is 5.60 Å². The Morgan fingerprint density at radius 1 is 1.23 bits per heavy atom. The van der Waals surface area contributed by atoms with Crippen LogP contribution in [0.5, 0.6) is 0 Å². The smallest absolute Gasteiger partial charge is 0.410 e. The second-order valence-corrected chi connectivity index (χ2v) is 8.21. The standard InChI is InChI=1S/C19H34ClNO5/c1-5-25-17(23)16(15(22)8-6-7-11-20)14-9-12-21(13-10-14)18(24)26-19(2,3)4/h14-16,22H,5-13H2,1-4H3. The normalized spacial score (nSPS) is 18.3. The summed E-state index contributed by atoms with van der Waals surface area (Å²) in [6.07, 6.45) is 2.34. The van der Waals surface area contributed by atoms with Crippen LogP contribution in [0.25, 0.3) is 0 Å². The van der Waals surface area contributed by atoms with Gasteiger partial charge in [-0.05, 0) is 65.7 Å². The van der Waals surface area contributed by atoms with E-state index in [0.717, 1.165) is 12.8 Å². The van der Waals surface area contributed by atoms with Crippen molar-refractivity contribution in [1.82, 2.24) is 4.90 Å². The molecule has 26 heavy (non-hydrogen) atoms. The molecule has 2 unspecified atom stereocenters. The second-order valence-electron chi connectivity index (χ2n) is 7.83. The van der Waals surface area contributed by atoms with Crippen molar-refractivity contribution in [2.24, 2.45) is 11.8 Å². The lowest BCUT2D eigenvalue weighted by molar-refractivity contribution is -0.156. The van der Waals surface area contributed by atoms with Gasteiger partial charge in [0, 0.05) is 19.0 Å². The summed E-state index contributed by atoms with van der Waals surface area (Å²) in [6.45, 7) is 8.61. The number of piperidine rings is 1. The molecule has 6 nitrogen and oxygen atoms in total. The van der Waals surface area contributed by atoms with Crippen LogP contribution in [0.15, 0.2) is 0 Å². The van der Waals surface area contributed by atoms with E-state index in [9.17, 15) is 14.7 Å². The molecule has 2 atom stereocenters. The van der Waals surface area contributed by atoms with E-state index in [1.807, 2.05) is 20.8 Å². The van der Waals surface area contributed by atoms with Gasteiger partial charge >= 0.3 is 12.1 Å². The predicted octanol–water partition coefficient (Wildman–Crippen LogP) is 3.58. The average molecular weight is 392 g/mol. The fourth-order valence-electron chi connectivity index (χ4n) is 3.30. The highest BCUT2D eigenvalue weighted by molar-refractivity contribution is 6.17. The summed E-state index contributed by atoms with van der Waals surface area (Å²) in [5.41, 5.74) is -0.528. The number of unbranched alkanes of at least 4 members (excludes halogenated alkanes) is 1. The highest BCUT2D eigenvalue weighted by Gasteiger charge is 2.38. The van der Waals surface area contributed by atoms with Crippen LogP contribution in [0.2, 0.25) is 0 Å². The molecule has 0 aliphatic carbocycles. The Labute approximate surface area is 162 Å². The number of nitrogens with zero attached hydrogens (tertiary/aromatic N) is 1. The Morgan fingerprint density at radius 3 is 2.35 bits per heavy atom. The lowest BCUT2D eigenvalue weighted by Crippen LogP contribution is -2.46. The van der Waals surface area contributed by atoms with Gasteiger partial charge in [-0.2, -0.15) is 0 Å². The minimum absolute atomic E-state index is 0.00117. The molecule has 0 aromatic carbocycles. The SMILES string of the molecule is CCOC(=O)C(C(O)CCCCCl)C1CCN(C(=O)OC(C)(C)C)CC1. The van der Waals surface area contributed by atoms with E-state index in [1.165, 1.54) is 0 Å². The van der Waals surface area contributed by atoms with Crippen molar-refractivity contribution in [2.45, 2.75) is 71.5 Å². The number of alkyl halides is 1. The highest BCUT2D eigenvalue weighted by atomic mass is 35.5. The lowest BCUT2D eigenvalue weighted by Gasteiger charge is -2.37. The van der Waals surface area contributed by atoms with Crippen molar-refractivity contribution >= 4 is 23.7 Å². The maximum Gasteiger partial charge on any atom is 0.410 e. The fraction of sp³-hybridized carbons (Fsp3) is 0.895. The molecule has 0 aromatic rings. The van der Waals surface area contributed by atoms with Crippen LogP contribution < -0.4 is 0 Å². The Hall–Kier alpha value is -1.01. The number of hydrogen-bond acceptors (Lipinski definition) is 5. The minimum atomic E-state index is -0.740. The monoisotopic (exact) mass is 391 g/mol. The molecular weight excluding hydrogens is 358 g/mol. The molecule has 1 heterocycles. The molecule has 1 amide bonds. The molecule has 1 aliphatic heterocycles. The number of hydrogen-bond donors (Lipinski definition) is 1. The second kappa shape index (κ2) is 11.0. The largest absolute Gasteiger partial charge is 0.466 e.